The summed E-state index contributed by atoms with van der Waals surface area (Å²) in [6.07, 6.45) is 3.23. The van der Waals surface area contributed by atoms with Gasteiger partial charge in [0.15, 0.2) is 5.92 Å². The first-order valence-electron chi connectivity index (χ1n) is 10.2. The lowest BCUT2D eigenvalue weighted by Gasteiger charge is -2.37. The molecule has 1 heterocycles. The largest absolute Gasteiger partial charge is 0.468 e. The van der Waals surface area contributed by atoms with Crippen LogP contribution in [0.25, 0.3) is 0 Å². The number of thioether (sulfide) groups is 1. The third kappa shape index (κ3) is 5.18. The van der Waals surface area contributed by atoms with Crippen LogP contribution in [0.4, 0.5) is 5.69 Å². The van der Waals surface area contributed by atoms with Gasteiger partial charge < -0.3 is 14.2 Å². The molecule has 0 unspecified atom stereocenters. The maximum absolute atomic E-state index is 12.5. The van der Waals surface area contributed by atoms with Crippen molar-refractivity contribution in [2.75, 3.05) is 26.6 Å². The van der Waals surface area contributed by atoms with Crippen molar-refractivity contribution in [1.82, 2.24) is 0 Å². The van der Waals surface area contributed by atoms with E-state index in [-0.39, 0.29) is 18.9 Å². The molecular formula is C23H29NO6S. The van der Waals surface area contributed by atoms with Gasteiger partial charge in [-0.25, -0.2) is 9.79 Å². The Kier molecular flexibility index (Phi) is 8.86. The number of hydrogen-bond donors (Lipinski definition) is 0. The fourth-order valence-electron chi connectivity index (χ4n) is 3.84. The van der Waals surface area contributed by atoms with Gasteiger partial charge in [0.1, 0.15) is 0 Å². The minimum atomic E-state index is -1.14. The van der Waals surface area contributed by atoms with Crippen molar-refractivity contribution >= 4 is 40.4 Å². The number of fused-ring (bicyclic) bond motifs is 1. The summed E-state index contributed by atoms with van der Waals surface area (Å²) in [5.74, 6) is -2.45. The lowest BCUT2D eigenvalue weighted by atomic mass is 9.67. The van der Waals surface area contributed by atoms with Crippen LogP contribution in [0.1, 0.15) is 32.8 Å². The van der Waals surface area contributed by atoms with Gasteiger partial charge in [0.05, 0.1) is 37.0 Å². The average Bonchev–Trinajstić information content (AvgIpc) is 3.09. The Morgan fingerprint density at radius 3 is 2.35 bits per heavy atom. The molecule has 2 atom stereocenters. The Morgan fingerprint density at radius 2 is 1.77 bits per heavy atom. The molecule has 0 amide bonds. The summed E-state index contributed by atoms with van der Waals surface area (Å²) in [6.45, 7) is 5.97. The standard InChI is InChI=1S/C23H29NO6S/c1-6-30-19(25)13-12-15(3)23(14-16(20(26)28-4)21(27)29-5)17-10-8-9-11-18(17)24-22(23)31-7-2/h8-13,15-16H,6-7,14H2,1-5H3/b13-12+/t15-,23-/m0/s1. The Labute approximate surface area is 187 Å². The van der Waals surface area contributed by atoms with E-state index in [1.807, 2.05) is 38.1 Å². The molecule has 1 aliphatic rings. The van der Waals surface area contributed by atoms with Crippen LogP contribution in [0.15, 0.2) is 41.4 Å². The zero-order chi connectivity index (χ0) is 23.0. The van der Waals surface area contributed by atoms with E-state index in [4.69, 9.17) is 19.2 Å². The van der Waals surface area contributed by atoms with Crippen LogP contribution in [0, 0.1) is 11.8 Å². The van der Waals surface area contributed by atoms with Gasteiger partial charge in [-0.2, -0.15) is 0 Å². The number of hydrogen-bond acceptors (Lipinski definition) is 8. The number of benzene rings is 1. The molecule has 0 fully saturated rings. The van der Waals surface area contributed by atoms with E-state index in [9.17, 15) is 14.4 Å². The molecule has 0 spiro atoms. The zero-order valence-corrected chi connectivity index (χ0v) is 19.4. The fourth-order valence-corrected chi connectivity index (χ4v) is 4.91. The number of allylic oxidation sites excluding steroid dienone is 1. The topological polar surface area (TPSA) is 91.3 Å². The second kappa shape index (κ2) is 11.1. The predicted octanol–water partition coefficient (Wildman–Crippen LogP) is 3.83. The van der Waals surface area contributed by atoms with Crippen LogP contribution >= 0.6 is 11.8 Å². The van der Waals surface area contributed by atoms with Crippen LogP contribution < -0.4 is 0 Å². The Bertz CT molecular complexity index is 865. The van der Waals surface area contributed by atoms with Crippen molar-refractivity contribution in [3.63, 3.8) is 0 Å². The summed E-state index contributed by atoms with van der Waals surface area (Å²) < 4.78 is 14.8. The molecule has 0 radical (unpaired) electrons. The summed E-state index contributed by atoms with van der Waals surface area (Å²) in [5.41, 5.74) is 0.862. The van der Waals surface area contributed by atoms with Gasteiger partial charge in [0, 0.05) is 6.08 Å². The molecule has 7 nitrogen and oxygen atoms in total. The van der Waals surface area contributed by atoms with E-state index in [0.29, 0.717) is 0 Å². The van der Waals surface area contributed by atoms with E-state index in [0.717, 1.165) is 22.0 Å². The highest BCUT2D eigenvalue weighted by Crippen LogP contribution is 2.52. The minimum absolute atomic E-state index is 0.101. The van der Waals surface area contributed by atoms with Crippen molar-refractivity contribution in [1.29, 1.82) is 0 Å². The highest BCUT2D eigenvalue weighted by atomic mass is 32.2. The third-order valence-corrected chi connectivity index (χ3v) is 6.37. The van der Waals surface area contributed by atoms with Gasteiger partial charge in [-0.1, -0.05) is 38.1 Å². The van der Waals surface area contributed by atoms with E-state index in [2.05, 4.69) is 0 Å². The predicted molar refractivity (Wildman–Crippen MR) is 120 cm³/mol. The lowest BCUT2D eigenvalue weighted by Crippen LogP contribution is -2.43. The molecule has 31 heavy (non-hydrogen) atoms. The van der Waals surface area contributed by atoms with E-state index in [1.54, 1.807) is 24.8 Å². The maximum atomic E-state index is 12.5. The highest BCUT2D eigenvalue weighted by Gasteiger charge is 2.51. The number of carbonyl (C=O) groups is 3. The molecule has 2 rings (SSSR count). The monoisotopic (exact) mass is 447 g/mol. The van der Waals surface area contributed by atoms with Gasteiger partial charge in [-0.15, -0.1) is 11.8 Å². The van der Waals surface area contributed by atoms with Crippen LogP contribution in [0.5, 0.6) is 0 Å². The Balaban J connectivity index is 2.64. The van der Waals surface area contributed by atoms with E-state index in [1.165, 1.54) is 20.3 Å². The molecule has 8 heteroatoms. The van der Waals surface area contributed by atoms with Crippen molar-refractivity contribution in [3.05, 3.63) is 42.0 Å². The molecule has 0 saturated carbocycles. The smallest absolute Gasteiger partial charge is 0.330 e. The summed E-state index contributed by atoms with van der Waals surface area (Å²) in [4.78, 5) is 41.8. The first-order chi connectivity index (χ1) is 14.8. The summed E-state index contributed by atoms with van der Waals surface area (Å²) in [5, 5.41) is 0.787. The van der Waals surface area contributed by atoms with Crippen molar-refractivity contribution in [3.8, 4) is 0 Å². The number of para-hydroxylation sites is 1. The lowest BCUT2D eigenvalue weighted by molar-refractivity contribution is -0.159. The second-order valence-corrected chi connectivity index (χ2v) is 8.29. The van der Waals surface area contributed by atoms with Gasteiger partial charge in [-0.3, -0.25) is 9.59 Å². The second-order valence-electron chi connectivity index (χ2n) is 7.04. The van der Waals surface area contributed by atoms with Crippen molar-refractivity contribution < 1.29 is 28.6 Å². The van der Waals surface area contributed by atoms with Crippen LogP contribution in [0.2, 0.25) is 0 Å². The van der Waals surface area contributed by atoms with Crippen LogP contribution in [0.3, 0.4) is 0 Å². The fraction of sp³-hybridized carbons (Fsp3) is 0.478. The molecule has 0 saturated heterocycles. The summed E-state index contributed by atoms with van der Waals surface area (Å²) in [7, 11) is 2.49. The molecule has 1 aliphatic heterocycles. The molecular weight excluding hydrogens is 418 g/mol. The van der Waals surface area contributed by atoms with Crippen molar-refractivity contribution in [2.45, 2.75) is 32.6 Å². The SMILES string of the molecule is CCOC(=O)/C=C/[C@H](C)[C@]1(CC(C(=O)OC)C(=O)OC)C(SCC)=Nc2ccccc21. The normalized spacial score (nSPS) is 18.5. The zero-order valence-electron chi connectivity index (χ0n) is 18.5. The molecule has 0 aliphatic carbocycles. The van der Waals surface area contributed by atoms with Crippen LogP contribution in [-0.4, -0.2) is 49.5 Å². The maximum Gasteiger partial charge on any atom is 0.330 e. The number of aliphatic imine (C=N–C) groups is 1. The number of rotatable bonds is 9. The Hall–Kier alpha value is -2.61. The van der Waals surface area contributed by atoms with Crippen molar-refractivity contribution in [2.24, 2.45) is 16.8 Å². The minimum Gasteiger partial charge on any atom is -0.468 e. The number of nitrogens with zero attached hydrogens (tertiary/aromatic N) is 1. The molecule has 0 aromatic heterocycles. The summed E-state index contributed by atoms with van der Waals surface area (Å²) in [6, 6.07) is 7.64. The van der Waals surface area contributed by atoms with Gasteiger partial charge in [-0.05, 0) is 36.6 Å². The number of esters is 3. The number of ether oxygens (including phenoxy) is 3. The first-order valence-corrected chi connectivity index (χ1v) is 11.2. The van der Waals surface area contributed by atoms with Gasteiger partial charge in [0.2, 0.25) is 0 Å². The van der Waals surface area contributed by atoms with Crippen LogP contribution in [-0.2, 0) is 34.0 Å². The van der Waals surface area contributed by atoms with E-state index < -0.39 is 29.2 Å². The Morgan fingerprint density at radius 1 is 1.13 bits per heavy atom. The third-order valence-electron chi connectivity index (χ3n) is 5.35. The van der Waals surface area contributed by atoms with E-state index >= 15 is 0 Å². The summed E-state index contributed by atoms with van der Waals surface area (Å²) >= 11 is 1.55. The molecule has 0 N–H and O–H groups in total. The number of carbonyl (C=O) groups excluding carboxylic acids is 3. The van der Waals surface area contributed by atoms with Gasteiger partial charge in [0.25, 0.3) is 0 Å². The molecule has 1 aromatic carbocycles. The highest BCUT2D eigenvalue weighted by molar-refractivity contribution is 8.14. The molecule has 1 aromatic rings. The molecule has 168 valence electrons. The van der Waals surface area contributed by atoms with Gasteiger partial charge >= 0.3 is 17.9 Å². The number of methoxy groups -OCH3 is 2. The average molecular weight is 448 g/mol. The first kappa shape index (κ1) is 24.7. The molecule has 0 bridgehead atoms. The quantitative estimate of drug-likeness (QED) is 0.246.